The quantitative estimate of drug-likeness (QED) is 0.840. The van der Waals surface area contributed by atoms with Gasteiger partial charge in [0, 0.05) is 38.8 Å². The number of rotatable bonds is 4. The van der Waals surface area contributed by atoms with Gasteiger partial charge in [0.15, 0.2) is 0 Å². The number of halogens is 4. The highest BCUT2D eigenvalue weighted by Crippen LogP contribution is 2.22. The number of anilines is 1. The second-order valence-electron chi connectivity index (χ2n) is 5.86. The van der Waals surface area contributed by atoms with Crippen LogP contribution < -0.4 is 4.90 Å². The zero-order valence-electron chi connectivity index (χ0n) is 13.9. The van der Waals surface area contributed by atoms with Crippen LogP contribution in [-0.4, -0.2) is 42.2 Å². The lowest BCUT2D eigenvalue weighted by atomic mass is 10.1. The molecule has 0 unspecified atom stereocenters. The van der Waals surface area contributed by atoms with E-state index in [2.05, 4.69) is 4.90 Å². The third kappa shape index (κ3) is 5.30. The van der Waals surface area contributed by atoms with Crippen LogP contribution in [0.2, 0.25) is 0 Å². The van der Waals surface area contributed by atoms with Crippen LogP contribution >= 0.6 is 24.8 Å². The lowest BCUT2D eigenvalue weighted by molar-refractivity contribution is 0.0697. The van der Waals surface area contributed by atoms with Crippen molar-refractivity contribution in [1.82, 2.24) is 4.90 Å². The fourth-order valence-electron chi connectivity index (χ4n) is 2.90. The summed E-state index contributed by atoms with van der Waals surface area (Å²) in [5.41, 5.74) is 1.75. The summed E-state index contributed by atoms with van der Waals surface area (Å²) in [4.78, 5) is 15.0. The number of benzene rings is 2. The van der Waals surface area contributed by atoms with E-state index in [0.29, 0.717) is 18.8 Å². The van der Waals surface area contributed by atoms with E-state index in [1.807, 2.05) is 17.0 Å². The van der Waals surface area contributed by atoms with Crippen molar-refractivity contribution in [3.05, 3.63) is 65.2 Å². The molecule has 0 aromatic heterocycles. The van der Waals surface area contributed by atoms with Crippen LogP contribution in [0.3, 0.4) is 0 Å². The Morgan fingerprint density at radius 2 is 1.58 bits per heavy atom. The number of carbonyl (C=O) groups is 1. The first-order valence-corrected chi connectivity index (χ1v) is 7.77. The zero-order valence-corrected chi connectivity index (χ0v) is 15.5. The Balaban J connectivity index is 0.00000169. The van der Waals surface area contributed by atoms with Gasteiger partial charge in [-0.25, -0.2) is 13.6 Å². The summed E-state index contributed by atoms with van der Waals surface area (Å²) in [7, 11) is 0. The molecule has 1 saturated heterocycles. The molecule has 0 aliphatic carbocycles. The summed E-state index contributed by atoms with van der Waals surface area (Å²) in [6.07, 6.45) is 0. The van der Waals surface area contributed by atoms with Crippen LogP contribution in [0.25, 0.3) is 0 Å². The van der Waals surface area contributed by atoms with Gasteiger partial charge in [-0.3, -0.25) is 4.90 Å². The summed E-state index contributed by atoms with van der Waals surface area (Å²) in [5.74, 6) is -2.04. The fourth-order valence-corrected chi connectivity index (χ4v) is 2.90. The van der Waals surface area contributed by atoms with E-state index in [1.54, 1.807) is 12.1 Å². The molecule has 2 aromatic rings. The van der Waals surface area contributed by atoms with E-state index in [0.717, 1.165) is 31.3 Å². The van der Waals surface area contributed by atoms with Crippen molar-refractivity contribution in [2.24, 2.45) is 0 Å². The van der Waals surface area contributed by atoms with E-state index >= 15 is 0 Å². The molecule has 1 heterocycles. The molecule has 0 radical (unpaired) electrons. The number of carboxylic acids is 1. The van der Waals surface area contributed by atoms with Crippen molar-refractivity contribution in [2.75, 3.05) is 31.1 Å². The highest BCUT2D eigenvalue weighted by Gasteiger charge is 2.19. The first-order chi connectivity index (χ1) is 11.5. The minimum absolute atomic E-state index is 0. The Morgan fingerprint density at radius 3 is 2.12 bits per heavy atom. The van der Waals surface area contributed by atoms with Crippen LogP contribution in [0.5, 0.6) is 0 Å². The fraction of sp³-hybridized carbons (Fsp3) is 0.278. The monoisotopic (exact) mass is 404 g/mol. The van der Waals surface area contributed by atoms with Crippen LogP contribution in [0.4, 0.5) is 14.5 Å². The van der Waals surface area contributed by atoms with Crippen molar-refractivity contribution < 1.29 is 18.7 Å². The minimum atomic E-state index is -0.934. The maximum absolute atomic E-state index is 13.8. The predicted molar refractivity (Wildman–Crippen MR) is 102 cm³/mol. The Kier molecular flexibility index (Phi) is 8.27. The summed E-state index contributed by atoms with van der Waals surface area (Å²) in [6, 6.07) is 10.5. The van der Waals surface area contributed by atoms with E-state index in [4.69, 9.17) is 5.11 Å². The van der Waals surface area contributed by atoms with Gasteiger partial charge in [-0.2, -0.15) is 0 Å². The molecule has 3 rings (SSSR count). The first kappa shape index (κ1) is 22.2. The van der Waals surface area contributed by atoms with Gasteiger partial charge >= 0.3 is 5.97 Å². The largest absolute Gasteiger partial charge is 0.478 e. The van der Waals surface area contributed by atoms with Crippen LogP contribution in [0, 0.1) is 11.6 Å². The van der Waals surface area contributed by atoms with Crippen molar-refractivity contribution in [3.63, 3.8) is 0 Å². The maximum Gasteiger partial charge on any atom is 0.335 e. The molecule has 2 aromatic carbocycles. The first-order valence-electron chi connectivity index (χ1n) is 7.77. The van der Waals surface area contributed by atoms with Gasteiger partial charge in [0.2, 0.25) is 0 Å². The van der Waals surface area contributed by atoms with Gasteiger partial charge in [0.1, 0.15) is 11.6 Å². The molecule has 142 valence electrons. The second-order valence-corrected chi connectivity index (χ2v) is 5.86. The molecule has 0 spiro atoms. The van der Waals surface area contributed by atoms with E-state index < -0.39 is 17.6 Å². The normalized spacial score (nSPS) is 14.3. The van der Waals surface area contributed by atoms with Gasteiger partial charge < -0.3 is 10.0 Å². The van der Waals surface area contributed by atoms with Crippen LogP contribution in [0.1, 0.15) is 15.9 Å². The van der Waals surface area contributed by atoms with Gasteiger partial charge in [0.05, 0.1) is 11.3 Å². The summed E-state index contributed by atoms with van der Waals surface area (Å²) < 4.78 is 26.8. The molecule has 8 heteroatoms. The molecule has 1 N–H and O–H groups in total. The molecule has 1 aliphatic heterocycles. The molecule has 0 atom stereocenters. The number of hydrogen-bond donors (Lipinski definition) is 1. The van der Waals surface area contributed by atoms with Crippen molar-refractivity contribution in [3.8, 4) is 0 Å². The average molecular weight is 405 g/mol. The molecular weight excluding hydrogens is 385 g/mol. The lowest BCUT2D eigenvalue weighted by Gasteiger charge is -2.36. The zero-order chi connectivity index (χ0) is 17.1. The topological polar surface area (TPSA) is 43.8 Å². The number of nitrogens with zero attached hydrogens (tertiary/aromatic N) is 2. The van der Waals surface area contributed by atoms with E-state index in [-0.39, 0.29) is 30.4 Å². The Morgan fingerprint density at radius 1 is 0.962 bits per heavy atom. The third-order valence-corrected chi connectivity index (χ3v) is 4.23. The Hall–Kier alpha value is -1.89. The van der Waals surface area contributed by atoms with Crippen LogP contribution in [0.15, 0.2) is 42.5 Å². The molecule has 1 fully saturated rings. The van der Waals surface area contributed by atoms with Gasteiger partial charge in [-0.05, 0) is 29.8 Å². The minimum Gasteiger partial charge on any atom is -0.478 e. The van der Waals surface area contributed by atoms with Gasteiger partial charge in [-0.1, -0.05) is 12.1 Å². The van der Waals surface area contributed by atoms with E-state index in [1.165, 1.54) is 12.1 Å². The van der Waals surface area contributed by atoms with Gasteiger partial charge in [-0.15, -0.1) is 24.8 Å². The van der Waals surface area contributed by atoms with Crippen molar-refractivity contribution >= 4 is 36.5 Å². The molecule has 1 aliphatic rings. The number of aromatic carboxylic acids is 1. The molecule has 0 saturated carbocycles. The summed E-state index contributed by atoms with van der Waals surface area (Å²) in [5, 5.41) is 8.90. The molecular formula is C18H20Cl2F2N2O2. The maximum atomic E-state index is 13.8. The SMILES string of the molecule is Cl.Cl.O=C(O)c1ccc(CN2CCN(c3ccc(F)cc3F)CC2)cc1. The summed E-state index contributed by atoms with van der Waals surface area (Å²) >= 11 is 0. The second kappa shape index (κ2) is 9.71. The Bertz CT molecular complexity index is 736. The molecule has 0 amide bonds. The Labute approximate surface area is 163 Å². The summed E-state index contributed by atoms with van der Waals surface area (Å²) in [6.45, 7) is 3.57. The molecule has 0 bridgehead atoms. The van der Waals surface area contributed by atoms with Crippen molar-refractivity contribution in [2.45, 2.75) is 6.54 Å². The molecule has 26 heavy (non-hydrogen) atoms. The standard InChI is InChI=1S/C18H18F2N2O2.2ClH/c19-15-5-6-17(16(20)11-15)22-9-7-21(8-10-22)12-13-1-3-14(4-2-13)18(23)24;;/h1-6,11H,7-10,12H2,(H,23,24);2*1H. The average Bonchev–Trinajstić information content (AvgIpc) is 2.56. The van der Waals surface area contributed by atoms with E-state index in [9.17, 15) is 13.6 Å². The third-order valence-electron chi connectivity index (χ3n) is 4.23. The highest BCUT2D eigenvalue weighted by atomic mass is 35.5. The van der Waals surface area contributed by atoms with Gasteiger partial charge in [0.25, 0.3) is 0 Å². The van der Waals surface area contributed by atoms with Crippen LogP contribution in [-0.2, 0) is 6.54 Å². The predicted octanol–water partition coefficient (Wildman–Crippen LogP) is 3.83. The number of carboxylic acid groups (broad SMARTS) is 1. The number of hydrogen-bond acceptors (Lipinski definition) is 3. The van der Waals surface area contributed by atoms with Crippen molar-refractivity contribution in [1.29, 1.82) is 0 Å². The highest BCUT2D eigenvalue weighted by molar-refractivity contribution is 5.87. The number of piperazine rings is 1. The smallest absolute Gasteiger partial charge is 0.335 e. The lowest BCUT2D eigenvalue weighted by Crippen LogP contribution is -2.46. The molecule has 4 nitrogen and oxygen atoms in total.